The Hall–Kier alpha value is -3.21. The minimum Gasteiger partial charge on any atom is -1.00 e. The van der Waals surface area contributed by atoms with Gasteiger partial charge in [-0.05, 0) is 60.6 Å². The second-order valence-electron chi connectivity index (χ2n) is 8.56. The van der Waals surface area contributed by atoms with Gasteiger partial charge in [-0.25, -0.2) is 4.79 Å². The van der Waals surface area contributed by atoms with Crippen LogP contribution in [0, 0.1) is 0 Å². The number of rotatable bonds is 6. The molecule has 0 atom stereocenters. The Kier molecular flexibility index (Phi) is 8.01. The number of alkyl halides is 3. The number of aromatic nitrogens is 4. The standard InChI is InChI=1S/C26H21F3N4O3.Na.H/c27-26(28,29)21-14-19(10-11-20(21)17-4-2-1-3-5-17)24-30-23(32-36-24)18-8-6-16(7-9-18)15-33-13-12-22(31-33)25(34)35;;/h4,6-14H,1-3,5,15H2,(H,34,35);;/q;+1;-1. The van der Waals surface area contributed by atoms with E-state index in [4.69, 9.17) is 9.63 Å². The van der Waals surface area contributed by atoms with Crippen molar-refractivity contribution in [1.82, 2.24) is 19.9 Å². The van der Waals surface area contributed by atoms with Gasteiger partial charge in [0.05, 0.1) is 12.1 Å². The van der Waals surface area contributed by atoms with Crippen LogP contribution in [0.5, 0.6) is 0 Å². The smallest absolute Gasteiger partial charge is 1.00 e. The van der Waals surface area contributed by atoms with Crippen molar-refractivity contribution in [3.05, 3.63) is 83.2 Å². The molecule has 0 saturated heterocycles. The van der Waals surface area contributed by atoms with E-state index in [1.165, 1.54) is 16.8 Å². The van der Waals surface area contributed by atoms with Crippen LogP contribution in [0.4, 0.5) is 13.2 Å². The molecule has 186 valence electrons. The summed E-state index contributed by atoms with van der Waals surface area (Å²) in [5, 5.41) is 16.9. The SMILES string of the molecule is O=C(O)c1ccn(Cc2ccc(-c3noc(-c4ccc(C5=CCCCC5)c(C(F)(F)F)c4)n3)cc2)n1.[H-].[Na+]. The predicted octanol–water partition coefficient (Wildman–Crippen LogP) is 3.44. The van der Waals surface area contributed by atoms with Crippen molar-refractivity contribution in [3.63, 3.8) is 0 Å². The number of benzene rings is 2. The maximum atomic E-state index is 13.9. The largest absolute Gasteiger partial charge is 1.00 e. The van der Waals surface area contributed by atoms with E-state index >= 15 is 0 Å². The van der Waals surface area contributed by atoms with Gasteiger partial charge in [-0.15, -0.1) is 0 Å². The monoisotopic (exact) mass is 518 g/mol. The molecule has 0 aliphatic heterocycles. The molecule has 0 fully saturated rings. The summed E-state index contributed by atoms with van der Waals surface area (Å²) in [5.74, 6) is -0.849. The van der Waals surface area contributed by atoms with Gasteiger partial charge in [-0.1, -0.05) is 41.6 Å². The van der Waals surface area contributed by atoms with Crippen molar-refractivity contribution in [3.8, 4) is 22.8 Å². The molecule has 0 bridgehead atoms. The minimum atomic E-state index is -4.51. The third kappa shape index (κ3) is 6.03. The fourth-order valence-electron chi connectivity index (χ4n) is 4.24. The van der Waals surface area contributed by atoms with E-state index < -0.39 is 17.7 Å². The van der Waals surface area contributed by atoms with Gasteiger partial charge in [0, 0.05) is 17.3 Å². The molecule has 0 radical (unpaired) electrons. The van der Waals surface area contributed by atoms with Crippen molar-refractivity contribution >= 4 is 11.5 Å². The van der Waals surface area contributed by atoms with Crippen molar-refractivity contribution < 1.29 is 58.6 Å². The molecule has 2 aromatic carbocycles. The molecule has 4 aromatic rings. The van der Waals surface area contributed by atoms with Gasteiger partial charge in [0.1, 0.15) is 0 Å². The number of carboxylic acid groups (broad SMARTS) is 1. The normalized spacial score (nSPS) is 13.6. The molecule has 0 amide bonds. The summed E-state index contributed by atoms with van der Waals surface area (Å²) >= 11 is 0. The first-order chi connectivity index (χ1) is 17.3. The van der Waals surface area contributed by atoms with Gasteiger partial charge in [-0.3, -0.25) is 4.68 Å². The summed E-state index contributed by atoms with van der Waals surface area (Å²) in [6, 6.07) is 12.7. The summed E-state index contributed by atoms with van der Waals surface area (Å²) in [6.45, 7) is 0.369. The molecule has 0 unspecified atom stereocenters. The van der Waals surface area contributed by atoms with Crippen LogP contribution in [0.3, 0.4) is 0 Å². The number of nitrogens with zero attached hydrogens (tertiary/aromatic N) is 4. The van der Waals surface area contributed by atoms with Crippen LogP contribution in [-0.4, -0.2) is 31.0 Å². The Balaban J connectivity index is 0.00000200. The van der Waals surface area contributed by atoms with E-state index in [-0.39, 0.29) is 59.5 Å². The fraction of sp³-hybridized carbons (Fsp3) is 0.231. The quantitative estimate of drug-likeness (QED) is 0.393. The number of hydrogen-bond donors (Lipinski definition) is 1. The van der Waals surface area contributed by atoms with Crippen molar-refractivity contribution in [2.24, 2.45) is 0 Å². The van der Waals surface area contributed by atoms with Crippen LogP contribution in [0.2, 0.25) is 0 Å². The van der Waals surface area contributed by atoms with Gasteiger partial charge < -0.3 is 11.1 Å². The molecule has 1 aliphatic rings. The summed E-state index contributed by atoms with van der Waals surface area (Å²) in [5.41, 5.74) is 1.87. The summed E-state index contributed by atoms with van der Waals surface area (Å²) in [7, 11) is 0. The number of hydrogen-bond acceptors (Lipinski definition) is 5. The average molecular weight is 518 g/mol. The molecule has 0 spiro atoms. The number of aromatic carboxylic acids is 1. The van der Waals surface area contributed by atoms with Gasteiger partial charge in [-0.2, -0.15) is 23.3 Å². The van der Waals surface area contributed by atoms with Crippen molar-refractivity contribution in [2.45, 2.75) is 38.4 Å². The second kappa shape index (κ2) is 11.0. The van der Waals surface area contributed by atoms with Crippen LogP contribution in [0.1, 0.15) is 54.3 Å². The van der Waals surface area contributed by atoms with Crippen LogP contribution in [0.15, 0.2) is 65.3 Å². The molecule has 7 nitrogen and oxygen atoms in total. The minimum absolute atomic E-state index is 0. The molecular formula is C26H22F3N4NaO3. The van der Waals surface area contributed by atoms with Crippen molar-refractivity contribution in [1.29, 1.82) is 0 Å². The second-order valence-corrected chi connectivity index (χ2v) is 8.56. The van der Waals surface area contributed by atoms with Gasteiger partial charge in [0.15, 0.2) is 5.69 Å². The van der Waals surface area contributed by atoms with E-state index in [2.05, 4.69) is 15.2 Å². The Bertz CT molecular complexity index is 1450. The first-order valence-electron chi connectivity index (χ1n) is 11.4. The third-order valence-electron chi connectivity index (χ3n) is 6.05. The first-order valence-corrected chi connectivity index (χ1v) is 11.4. The Labute approximate surface area is 233 Å². The zero-order chi connectivity index (χ0) is 25.3. The first kappa shape index (κ1) is 26.8. The van der Waals surface area contributed by atoms with Crippen LogP contribution in [-0.2, 0) is 12.7 Å². The molecule has 0 saturated carbocycles. The maximum Gasteiger partial charge on any atom is 1.00 e. The molecular weight excluding hydrogens is 496 g/mol. The zero-order valence-electron chi connectivity index (χ0n) is 21.0. The fourth-order valence-corrected chi connectivity index (χ4v) is 4.24. The zero-order valence-corrected chi connectivity index (χ0v) is 22.0. The molecule has 2 heterocycles. The molecule has 11 heteroatoms. The Morgan fingerprint density at radius 3 is 2.49 bits per heavy atom. The molecule has 2 aromatic heterocycles. The van der Waals surface area contributed by atoms with Gasteiger partial charge in [0.25, 0.3) is 5.89 Å². The Morgan fingerprint density at radius 2 is 1.84 bits per heavy atom. The maximum absolute atomic E-state index is 13.9. The van der Waals surface area contributed by atoms with E-state index in [1.807, 2.05) is 18.2 Å². The molecule has 1 aliphatic carbocycles. The predicted molar refractivity (Wildman–Crippen MR) is 126 cm³/mol. The van der Waals surface area contributed by atoms with Crippen LogP contribution < -0.4 is 29.6 Å². The third-order valence-corrected chi connectivity index (χ3v) is 6.05. The van der Waals surface area contributed by atoms with Gasteiger partial charge >= 0.3 is 41.7 Å². The summed E-state index contributed by atoms with van der Waals surface area (Å²) in [4.78, 5) is 15.3. The number of halogens is 3. The molecule has 1 N–H and O–H groups in total. The van der Waals surface area contributed by atoms with Crippen LogP contribution in [0.25, 0.3) is 28.4 Å². The van der Waals surface area contributed by atoms with Crippen molar-refractivity contribution in [2.75, 3.05) is 0 Å². The number of carboxylic acids is 1. The molecule has 37 heavy (non-hydrogen) atoms. The number of carbonyl (C=O) groups is 1. The van der Waals surface area contributed by atoms with Crippen LogP contribution >= 0.6 is 0 Å². The van der Waals surface area contributed by atoms with E-state index in [1.54, 1.807) is 24.4 Å². The topological polar surface area (TPSA) is 94.0 Å². The van der Waals surface area contributed by atoms with E-state index in [0.29, 0.717) is 18.5 Å². The summed E-state index contributed by atoms with van der Waals surface area (Å²) < 4.78 is 48.4. The van der Waals surface area contributed by atoms with E-state index in [9.17, 15) is 18.0 Å². The Morgan fingerprint density at radius 1 is 1.08 bits per heavy atom. The van der Waals surface area contributed by atoms with E-state index in [0.717, 1.165) is 36.5 Å². The number of allylic oxidation sites excluding steroid dienone is 2. The molecule has 5 rings (SSSR count). The van der Waals surface area contributed by atoms with Gasteiger partial charge in [0.2, 0.25) is 5.82 Å². The summed E-state index contributed by atoms with van der Waals surface area (Å²) in [6.07, 6.45) is 2.23. The average Bonchev–Trinajstić information content (AvgIpc) is 3.55.